The summed E-state index contributed by atoms with van der Waals surface area (Å²) >= 11 is 5.67. The van der Waals surface area contributed by atoms with Crippen molar-refractivity contribution in [2.45, 2.75) is 12.8 Å². The van der Waals surface area contributed by atoms with Crippen LogP contribution in [0.3, 0.4) is 0 Å². The fourth-order valence-corrected chi connectivity index (χ4v) is 1.98. The van der Waals surface area contributed by atoms with E-state index in [4.69, 9.17) is 16.7 Å². The van der Waals surface area contributed by atoms with E-state index in [0.717, 1.165) is 31.7 Å². The molecule has 1 aromatic heterocycles. The number of rotatable bonds is 2. The highest BCUT2D eigenvalue weighted by molar-refractivity contribution is 6.28. The highest BCUT2D eigenvalue weighted by Crippen LogP contribution is 2.20. The van der Waals surface area contributed by atoms with Crippen molar-refractivity contribution < 1.29 is 5.11 Å². The first kappa shape index (κ1) is 10.6. The highest BCUT2D eigenvalue weighted by atomic mass is 35.5. The largest absolute Gasteiger partial charge is 0.396 e. The molecule has 1 N–H and O–H groups in total. The van der Waals surface area contributed by atoms with E-state index >= 15 is 0 Å². The summed E-state index contributed by atoms with van der Waals surface area (Å²) in [4.78, 5) is 6.19. The van der Waals surface area contributed by atoms with Crippen molar-refractivity contribution in [3.63, 3.8) is 0 Å². The van der Waals surface area contributed by atoms with Crippen LogP contribution in [-0.2, 0) is 0 Å². The zero-order valence-corrected chi connectivity index (χ0v) is 9.06. The molecule has 1 aromatic rings. The topological polar surface area (TPSA) is 62.1 Å². The lowest BCUT2D eigenvalue weighted by Gasteiger charge is -2.32. The van der Waals surface area contributed by atoms with Gasteiger partial charge in [-0.05, 0) is 30.4 Å². The van der Waals surface area contributed by atoms with Gasteiger partial charge in [0.25, 0.3) is 0 Å². The quantitative estimate of drug-likeness (QED) is 0.809. The predicted molar refractivity (Wildman–Crippen MR) is 56.9 cm³/mol. The molecule has 1 aliphatic rings. The third kappa shape index (κ3) is 2.54. The molecule has 82 valence electrons. The maximum Gasteiger partial charge on any atom is 0.244 e. The van der Waals surface area contributed by atoms with E-state index in [1.807, 2.05) is 0 Å². The number of aliphatic hydroxyl groups excluding tert-OH is 1. The Labute approximate surface area is 93.1 Å². The third-order valence-electron chi connectivity index (χ3n) is 2.62. The van der Waals surface area contributed by atoms with E-state index in [9.17, 15) is 0 Å². The average molecular weight is 229 g/mol. The van der Waals surface area contributed by atoms with Crippen molar-refractivity contribution in [1.29, 1.82) is 0 Å². The van der Waals surface area contributed by atoms with Gasteiger partial charge in [-0.15, -0.1) is 5.10 Å². The SMILES string of the molecule is OCC1CCCN(c2cnnc(Cl)n2)C1. The van der Waals surface area contributed by atoms with Crippen LogP contribution in [-0.4, -0.2) is 40.0 Å². The molecule has 0 spiro atoms. The molecule has 1 fully saturated rings. The Balaban J connectivity index is 2.09. The summed E-state index contributed by atoms with van der Waals surface area (Å²) in [5.41, 5.74) is 0. The molecular formula is C9H13ClN4O. The van der Waals surface area contributed by atoms with Crippen LogP contribution in [0, 0.1) is 5.92 Å². The Kier molecular flexibility index (Phi) is 3.33. The van der Waals surface area contributed by atoms with E-state index in [-0.39, 0.29) is 11.9 Å². The molecule has 1 atom stereocenters. The van der Waals surface area contributed by atoms with E-state index in [2.05, 4.69) is 20.1 Å². The third-order valence-corrected chi connectivity index (χ3v) is 2.78. The van der Waals surface area contributed by atoms with Crippen LogP contribution < -0.4 is 4.90 Å². The van der Waals surface area contributed by atoms with E-state index in [1.54, 1.807) is 6.20 Å². The van der Waals surface area contributed by atoms with Crippen LogP contribution in [0.25, 0.3) is 0 Å². The number of hydrogen-bond acceptors (Lipinski definition) is 5. The van der Waals surface area contributed by atoms with E-state index in [0.29, 0.717) is 5.92 Å². The standard InChI is InChI=1S/C9H13ClN4O/c10-9-12-8(4-11-13-9)14-3-1-2-7(5-14)6-15/h4,7,15H,1-3,5-6H2. The van der Waals surface area contributed by atoms with Crippen LogP contribution in [0.15, 0.2) is 6.20 Å². The van der Waals surface area contributed by atoms with Crippen LogP contribution in [0.1, 0.15) is 12.8 Å². The number of halogens is 1. The van der Waals surface area contributed by atoms with Gasteiger partial charge in [-0.25, -0.2) is 0 Å². The number of hydrogen-bond donors (Lipinski definition) is 1. The Morgan fingerprint density at radius 3 is 3.20 bits per heavy atom. The Morgan fingerprint density at radius 2 is 2.47 bits per heavy atom. The molecule has 15 heavy (non-hydrogen) atoms. The Bertz CT molecular complexity index is 336. The summed E-state index contributed by atoms with van der Waals surface area (Å²) < 4.78 is 0. The lowest BCUT2D eigenvalue weighted by molar-refractivity contribution is 0.208. The highest BCUT2D eigenvalue weighted by Gasteiger charge is 2.20. The van der Waals surface area contributed by atoms with E-state index < -0.39 is 0 Å². The smallest absolute Gasteiger partial charge is 0.244 e. The number of piperidine rings is 1. The number of anilines is 1. The fourth-order valence-electron chi connectivity index (χ4n) is 1.85. The average Bonchev–Trinajstić information content (AvgIpc) is 2.29. The van der Waals surface area contributed by atoms with Crippen molar-refractivity contribution in [1.82, 2.24) is 15.2 Å². The van der Waals surface area contributed by atoms with Gasteiger partial charge in [-0.2, -0.15) is 10.1 Å². The maximum absolute atomic E-state index is 9.11. The molecule has 6 heteroatoms. The van der Waals surface area contributed by atoms with Gasteiger partial charge >= 0.3 is 0 Å². The predicted octanol–water partition coefficient (Wildman–Crippen LogP) is 0.734. The summed E-state index contributed by atoms with van der Waals surface area (Å²) in [5, 5.41) is 16.6. The van der Waals surface area contributed by atoms with Gasteiger partial charge in [0.1, 0.15) is 0 Å². The van der Waals surface area contributed by atoms with Crippen molar-refractivity contribution in [3.05, 3.63) is 11.5 Å². The van der Waals surface area contributed by atoms with E-state index in [1.165, 1.54) is 0 Å². The Hall–Kier alpha value is -0.940. The minimum atomic E-state index is 0.165. The normalized spacial score (nSPS) is 21.7. The first-order valence-electron chi connectivity index (χ1n) is 5.00. The summed E-state index contributed by atoms with van der Waals surface area (Å²) in [6.07, 6.45) is 3.73. The van der Waals surface area contributed by atoms with Crippen molar-refractivity contribution >= 4 is 17.4 Å². The van der Waals surface area contributed by atoms with Crippen molar-refractivity contribution in [2.24, 2.45) is 5.92 Å². The molecule has 0 aliphatic carbocycles. The van der Waals surface area contributed by atoms with Gasteiger partial charge in [-0.3, -0.25) is 0 Å². The first-order chi connectivity index (χ1) is 7.29. The molecule has 5 nitrogen and oxygen atoms in total. The molecule has 0 radical (unpaired) electrons. The van der Waals surface area contributed by atoms with Crippen LogP contribution in [0.5, 0.6) is 0 Å². The molecule has 0 saturated carbocycles. The zero-order valence-electron chi connectivity index (χ0n) is 8.30. The van der Waals surface area contributed by atoms with Gasteiger partial charge in [-0.1, -0.05) is 0 Å². The maximum atomic E-state index is 9.11. The minimum absolute atomic E-state index is 0.165. The number of aromatic nitrogens is 3. The van der Waals surface area contributed by atoms with Gasteiger partial charge in [0, 0.05) is 19.7 Å². The fraction of sp³-hybridized carbons (Fsp3) is 0.667. The molecule has 2 heterocycles. The van der Waals surface area contributed by atoms with Crippen LogP contribution in [0.4, 0.5) is 5.82 Å². The van der Waals surface area contributed by atoms with Crippen LogP contribution in [0.2, 0.25) is 5.28 Å². The molecule has 1 aliphatic heterocycles. The summed E-state index contributed by atoms with van der Waals surface area (Å²) in [5.74, 6) is 1.07. The van der Waals surface area contributed by atoms with Gasteiger partial charge < -0.3 is 10.0 Å². The lowest BCUT2D eigenvalue weighted by atomic mass is 9.99. The monoisotopic (exact) mass is 228 g/mol. The van der Waals surface area contributed by atoms with Crippen LogP contribution >= 0.6 is 11.6 Å². The molecule has 1 unspecified atom stereocenters. The molecule has 0 aromatic carbocycles. The summed E-state index contributed by atoms with van der Waals surface area (Å²) in [6, 6.07) is 0. The lowest BCUT2D eigenvalue weighted by Crippen LogP contribution is -2.37. The molecular weight excluding hydrogens is 216 g/mol. The van der Waals surface area contributed by atoms with Gasteiger partial charge in [0.2, 0.25) is 5.28 Å². The second-order valence-corrected chi connectivity index (χ2v) is 4.06. The molecule has 0 bridgehead atoms. The second-order valence-electron chi connectivity index (χ2n) is 3.72. The molecule has 1 saturated heterocycles. The molecule has 0 amide bonds. The summed E-state index contributed by atoms with van der Waals surface area (Å²) in [7, 11) is 0. The number of nitrogens with zero attached hydrogens (tertiary/aromatic N) is 4. The second kappa shape index (κ2) is 4.72. The minimum Gasteiger partial charge on any atom is -0.396 e. The first-order valence-corrected chi connectivity index (χ1v) is 5.38. The Morgan fingerprint density at radius 1 is 1.60 bits per heavy atom. The van der Waals surface area contributed by atoms with Crippen molar-refractivity contribution in [2.75, 3.05) is 24.6 Å². The van der Waals surface area contributed by atoms with Gasteiger partial charge in [0.15, 0.2) is 5.82 Å². The van der Waals surface area contributed by atoms with Crippen molar-refractivity contribution in [3.8, 4) is 0 Å². The van der Waals surface area contributed by atoms with Gasteiger partial charge in [0.05, 0.1) is 6.20 Å². The molecule has 2 rings (SSSR count). The summed E-state index contributed by atoms with van der Waals surface area (Å²) in [6.45, 7) is 1.97. The number of aliphatic hydroxyl groups is 1. The zero-order chi connectivity index (χ0) is 10.7.